The molecule has 1 aliphatic rings. The maximum absolute atomic E-state index is 4.83. The number of hydrogen-bond donors (Lipinski definition) is 2. The summed E-state index contributed by atoms with van der Waals surface area (Å²) in [4.78, 5) is 18.5. The molecule has 0 atom stereocenters. The second-order valence-corrected chi connectivity index (χ2v) is 13.4. The summed E-state index contributed by atoms with van der Waals surface area (Å²) in [6, 6.07) is 22.1. The summed E-state index contributed by atoms with van der Waals surface area (Å²) in [6.45, 7) is 2.03. The molecule has 5 aromatic rings. The van der Waals surface area contributed by atoms with Gasteiger partial charge < -0.3 is 15.5 Å². The van der Waals surface area contributed by atoms with Gasteiger partial charge in [-0.15, -0.1) is 34.0 Å². The Hall–Kier alpha value is -2.78. The Labute approximate surface area is 236 Å². The van der Waals surface area contributed by atoms with E-state index in [2.05, 4.69) is 69.4 Å². The van der Waals surface area contributed by atoms with Gasteiger partial charge in [-0.3, -0.25) is 0 Å². The average molecular weight is 560 g/mol. The summed E-state index contributed by atoms with van der Waals surface area (Å²) in [7, 11) is 4.08. The fraction of sp³-hybridized carbons (Fsp3) is 0.333. The SMILES string of the molecule is CN(C)c1nc(N[C@H]2CC[C@@H](CNCc3ccc(-c4ccc(-c5cccs5)s4)s3)CC2)nc2ccccc12. The van der Waals surface area contributed by atoms with Crippen LogP contribution in [0.5, 0.6) is 0 Å². The first kappa shape index (κ1) is 25.5. The minimum Gasteiger partial charge on any atom is -0.362 e. The van der Waals surface area contributed by atoms with E-state index in [1.807, 2.05) is 60.2 Å². The molecule has 1 aromatic carbocycles. The fourth-order valence-corrected chi connectivity index (χ4v) is 8.09. The van der Waals surface area contributed by atoms with E-state index in [9.17, 15) is 0 Å². The quantitative estimate of drug-likeness (QED) is 0.192. The summed E-state index contributed by atoms with van der Waals surface area (Å²) >= 11 is 5.61. The van der Waals surface area contributed by atoms with Crippen molar-refractivity contribution in [2.75, 3.05) is 30.9 Å². The van der Waals surface area contributed by atoms with Gasteiger partial charge in [-0.2, -0.15) is 4.98 Å². The zero-order valence-corrected chi connectivity index (χ0v) is 24.3. The molecule has 0 spiro atoms. The molecule has 0 radical (unpaired) electrons. The van der Waals surface area contributed by atoms with Crippen LogP contribution in [0.1, 0.15) is 30.6 Å². The van der Waals surface area contributed by atoms with E-state index >= 15 is 0 Å². The number of rotatable bonds is 9. The zero-order valence-electron chi connectivity index (χ0n) is 21.8. The van der Waals surface area contributed by atoms with Gasteiger partial charge in [0.2, 0.25) is 5.95 Å². The molecule has 4 aromatic heterocycles. The normalized spacial score (nSPS) is 17.6. The van der Waals surface area contributed by atoms with Crippen LogP contribution in [-0.2, 0) is 6.54 Å². The summed E-state index contributed by atoms with van der Waals surface area (Å²) in [6.07, 6.45) is 4.78. The maximum Gasteiger partial charge on any atom is 0.225 e. The van der Waals surface area contributed by atoms with Gasteiger partial charge in [0.25, 0.3) is 0 Å². The molecule has 0 saturated heterocycles. The summed E-state index contributed by atoms with van der Waals surface area (Å²) < 4.78 is 0. The monoisotopic (exact) mass is 559 g/mol. The van der Waals surface area contributed by atoms with Crippen LogP contribution >= 0.6 is 34.0 Å². The van der Waals surface area contributed by atoms with Crippen molar-refractivity contribution < 1.29 is 0 Å². The molecule has 5 nitrogen and oxygen atoms in total. The third-order valence-electron chi connectivity index (χ3n) is 7.19. The van der Waals surface area contributed by atoms with Crippen molar-refractivity contribution in [3.8, 4) is 19.5 Å². The molecule has 1 saturated carbocycles. The molecule has 196 valence electrons. The second kappa shape index (κ2) is 11.5. The minimum absolute atomic E-state index is 0.437. The fourth-order valence-electron chi connectivity index (χ4n) is 5.19. The summed E-state index contributed by atoms with van der Waals surface area (Å²) in [5.74, 6) is 2.44. The number of thiophene rings is 3. The van der Waals surface area contributed by atoms with Gasteiger partial charge in [-0.25, -0.2) is 4.98 Å². The van der Waals surface area contributed by atoms with Gasteiger partial charge in [-0.1, -0.05) is 18.2 Å². The molecule has 4 heterocycles. The van der Waals surface area contributed by atoms with Gasteiger partial charge >= 0.3 is 0 Å². The highest BCUT2D eigenvalue weighted by molar-refractivity contribution is 7.26. The Bertz CT molecular complexity index is 1480. The lowest BCUT2D eigenvalue weighted by Crippen LogP contribution is -2.31. The zero-order chi connectivity index (χ0) is 25.9. The largest absolute Gasteiger partial charge is 0.362 e. The number of nitrogens with one attached hydrogen (secondary N) is 2. The molecule has 6 rings (SSSR count). The van der Waals surface area contributed by atoms with Gasteiger partial charge in [0.05, 0.1) is 5.52 Å². The standard InChI is InChI=1S/C30H33N5S3/c1-35(2)29-23-6-3-4-7-24(23)33-30(34-29)32-21-11-9-20(10-12-21)18-31-19-22-13-14-27(37-22)28-16-15-26(38-28)25-8-5-17-36-25/h3-8,13-17,20-21,31H,9-12,18-19H2,1-2H3,(H,32,33,34)/t20-,21+. The molecular formula is C30H33N5S3. The second-order valence-electron chi connectivity index (χ2n) is 10.2. The van der Waals surface area contributed by atoms with E-state index in [1.54, 1.807) is 0 Å². The minimum atomic E-state index is 0.437. The van der Waals surface area contributed by atoms with Crippen molar-refractivity contribution in [1.29, 1.82) is 0 Å². The van der Waals surface area contributed by atoms with Gasteiger partial charge in [0, 0.05) is 56.5 Å². The number of hydrogen-bond acceptors (Lipinski definition) is 8. The number of aromatic nitrogens is 2. The Morgan fingerprint density at radius 2 is 1.58 bits per heavy atom. The van der Waals surface area contributed by atoms with Crippen molar-refractivity contribution in [1.82, 2.24) is 15.3 Å². The van der Waals surface area contributed by atoms with Gasteiger partial charge in [-0.05, 0) is 86.0 Å². The van der Waals surface area contributed by atoms with Crippen LogP contribution in [0.4, 0.5) is 11.8 Å². The highest BCUT2D eigenvalue weighted by Gasteiger charge is 2.22. The Balaban J connectivity index is 0.977. The Kier molecular flexibility index (Phi) is 7.74. The molecule has 0 aliphatic heterocycles. The molecule has 8 heteroatoms. The lowest BCUT2D eigenvalue weighted by atomic mass is 9.86. The van der Waals surface area contributed by atoms with Crippen LogP contribution in [0.25, 0.3) is 30.4 Å². The average Bonchev–Trinajstić information content (AvgIpc) is 3.71. The number of benzene rings is 1. The first-order chi connectivity index (χ1) is 18.6. The molecule has 0 bridgehead atoms. The van der Waals surface area contributed by atoms with E-state index in [4.69, 9.17) is 9.97 Å². The Morgan fingerprint density at radius 3 is 2.37 bits per heavy atom. The van der Waals surface area contributed by atoms with E-state index in [0.717, 1.165) is 54.5 Å². The number of anilines is 2. The van der Waals surface area contributed by atoms with E-state index in [0.29, 0.717) is 6.04 Å². The summed E-state index contributed by atoms with van der Waals surface area (Å²) in [5, 5.41) is 10.6. The molecule has 1 fully saturated rings. The predicted molar refractivity (Wildman–Crippen MR) is 166 cm³/mol. The first-order valence-electron chi connectivity index (χ1n) is 13.3. The number of nitrogens with zero attached hydrogens (tertiary/aromatic N) is 3. The van der Waals surface area contributed by atoms with Crippen LogP contribution in [0.15, 0.2) is 66.0 Å². The van der Waals surface area contributed by atoms with Gasteiger partial charge in [0.1, 0.15) is 5.82 Å². The molecule has 0 amide bonds. The topological polar surface area (TPSA) is 53.1 Å². The van der Waals surface area contributed by atoms with Crippen LogP contribution in [0.3, 0.4) is 0 Å². The highest BCUT2D eigenvalue weighted by atomic mass is 32.1. The van der Waals surface area contributed by atoms with Crippen molar-refractivity contribution in [2.45, 2.75) is 38.3 Å². The van der Waals surface area contributed by atoms with E-state index in [-0.39, 0.29) is 0 Å². The Morgan fingerprint density at radius 1 is 0.816 bits per heavy atom. The third-order valence-corrected chi connectivity index (χ3v) is 10.6. The molecule has 38 heavy (non-hydrogen) atoms. The van der Waals surface area contributed by atoms with Crippen LogP contribution in [0, 0.1) is 5.92 Å². The van der Waals surface area contributed by atoms with Crippen molar-refractivity contribution in [3.63, 3.8) is 0 Å². The van der Waals surface area contributed by atoms with Crippen molar-refractivity contribution in [2.24, 2.45) is 5.92 Å². The first-order valence-corrected chi connectivity index (χ1v) is 15.8. The van der Waals surface area contributed by atoms with E-state index in [1.165, 1.54) is 37.2 Å². The lowest BCUT2D eigenvalue weighted by molar-refractivity contribution is 0.324. The van der Waals surface area contributed by atoms with Crippen molar-refractivity contribution >= 4 is 56.7 Å². The molecule has 2 N–H and O–H groups in total. The van der Waals surface area contributed by atoms with Crippen LogP contribution in [0.2, 0.25) is 0 Å². The molecule has 1 aliphatic carbocycles. The van der Waals surface area contributed by atoms with E-state index < -0.39 is 0 Å². The summed E-state index contributed by atoms with van der Waals surface area (Å²) in [5.41, 5.74) is 0.991. The number of fused-ring (bicyclic) bond motifs is 1. The van der Waals surface area contributed by atoms with Crippen molar-refractivity contribution in [3.05, 3.63) is 70.9 Å². The predicted octanol–water partition coefficient (Wildman–Crippen LogP) is 7.97. The highest BCUT2D eigenvalue weighted by Crippen LogP contribution is 2.39. The smallest absolute Gasteiger partial charge is 0.225 e. The maximum atomic E-state index is 4.83. The van der Waals surface area contributed by atoms with Crippen LogP contribution < -0.4 is 15.5 Å². The lowest BCUT2D eigenvalue weighted by Gasteiger charge is -2.29. The van der Waals surface area contributed by atoms with Crippen LogP contribution in [-0.4, -0.2) is 36.6 Å². The third kappa shape index (κ3) is 5.78. The molecular weight excluding hydrogens is 527 g/mol. The van der Waals surface area contributed by atoms with Gasteiger partial charge in [0.15, 0.2) is 0 Å². The number of para-hydroxylation sites is 1. The molecule has 0 unspecified atom stereocenters.